The Morgan fingerprint density at radius 1 is 1.11 bits per heavy atom. The van der Waals surface area contributed by atoms with Crippen molar-refractivity contribution in [3.8, 4) is 0 Å². The van der Waals surface area contributed by atoms with E-state index in [0.29, 0.717) is 6.42 Å². The van der Waals surface area contributed by atoms with E-state index >= 15 is 0 Å². The lowest BCUT2D eigenvalue weighted by molar-refractivity contribution is -0.118. The zero-order valence-corrected chi connectivity index (χ0v) is 12.9. The van der Waals surface area contributed by atoms with Gasteiger partial charge in [-0.25, -0.2) is 0 Å². The molecule has 0 aromatic heterocycles. The van der Waals surface area contributed by atoms with Gasteiger partial charge in [-0.3, -0.25) is 4.79 Å². The lowest BCUT2D eigenvalue weighted by atomic mass is 10.1. The number of para-hydroxylation sites is 1. The molecule has 0 aliphatic carbocycles. The van der Waals surface area contributed by atoms with Crippen LogP contribution < -0.4 is 4.90 Å². The van der Waals surface area contributed by atoms with Crippen LogP contribution in [0.4, 0.5) is 5.69 Å². The fourth-order valence-corrected chi connectivity index (χ4v) is 2.33. The first-order valence-corrected chi connectivity index (χ1v) is 6.98. The Morgan fingerprint density at radius 3 is 2.16 bits per heavy atom. The summed E-state index contributed by atoms with van der Waals surface area (Å²) in [7, 11) is 4.12. The molecule has 0 atom stereocenters. The van der Waals surface area contributed by atoms with Gasteiger partial charge in [0.25, 0.3) is 0 Å². The molecule has 1 aromatic carbocycles. The second-order valence-electron chi connectivity index (χ2n) is 5.30. The predicted molar refractivity (Wildman–Crippen MR) is 81.7 cm³/mol. The minimum absolute atomic E-state index is 0.205. The van der Waals surface area contributed by atoms with Gasteiger partial charge in [0.05, 0.1) is 0 Å². The van der Waals surface area contributed by atoms with E-state index in [4.69, 9.17) is 0 Å². The maximum Gasteiger partial charge on any atom is 0.226 e. The van der Waals surface area contributed by atoms with Crippen molar-refractivity contribution in [3.05, 3.63) is 29.3 Å². The third-order valence-corrected chi connectivity index (χ3v) is 3.30. The first-order valence-electron chi connectivity index (χ1n) is 6.98. The van der Waals surface area contributed by atoms with Crippen molar-refractivity contribution in [2.75, 3.05) is 32.1 Å². The summed E-state index contributed by atoms with van der Waals surface area (Å²) < 4.78 is 0. The van der Waals surface area contributed by atoms with Crippen LogP contribution in [0.5, 0.6) is 0 Å². The van der Waals surface area contributed by atoms with E-state index in [9.17, 15) is 4.79 Å². The van der Waals surface area contributed by atoms with Crippen LogP contribution in [0, 0.1) is 13.8 Å². The molecule has 1 rings (SSSR count). The molecule has 0 saturated heterocycles. The van der Waals surface area contributed by atoms with E-state index in [1.165, 1.54) is 11.1 Å². The number of benzene rings is 1. The zero-order valence-electron chi connectivity index (χ0n) is 12.9. The molecular weight excluding hydrogens is 236 g/mol. The van der Waals surface area contributed by atoms with E-state index in [1.54, 1.807) is 0 Å². The predicted octanol–water partition coefficient (Wildman–Crippen LogP) is 3.00. The summed E-state index contributed by atoms with van der Waals surface area (Å²) in [5.74, 6) is 0.205. The zero-order chi connectivity index (χ0) is 14.4. The number of hydrogen-bond donors (Lipinski definition) is 0. The number of carbonyl (C=O) groups is 1. The van der Waals surface area contributed by atoms with Crippen molar-refractivity contribution in [1.29, 1.82) is 0 Å². The van der Waals surface area contributed by atoms with Gasteiger partial charge >= 0.3 is 0 Å². The quantitative estimate of drug-likeness (QED) is 0.787. The average Bonchev–Trinajstić information content (AvgIpc) is 2.35. The van der Waals surface area contributed by atoms with Crippen LogP contribution in [0.15, 0.2) is 18.2 Å². The van der Waals surface area contributed by atoms with Crippen LogP contribution in [0.1, 0.15) is 30.9 Å². The monoisotopic (exact) mass is 262 g/mol. The Hall–Kier alpha value is -1.35. The fraction of sp³-hybridized carbons (Fsp3) is 0.562. The molecule has 0 aliphatic rings. The van der Waals surface area contributed by atoms with Gasteiger partial charge in [-0.05, 0) is 52.0 Å². The van der Waals surface area contributed by atoms with Gasteiger partial charge in [0.15, 0.2) is 0 Å². The van der Waals surface area contributed by atoms with Crippen LogP contribution in [0.3, 0.4) is 0 Å². The molecule has 106 valence electrons. The van der Waals surface area contributed by atoms with Gasteiger partial charge in [-0.15, -0.1) is 0 Å². The Bertz CT molecular complexity index is 407. The molecular formula is C16H26N2O. The summed E-state index contributed by atoms with van der Waals surface area (Å²) in [6, 6.07) is 6.19. The minimum atomic E-state index is 0.205. The lowest BCUT2D eigenvalue weighted by Crippen LogP contribution is -2.34. The number of rotatable bonds is 6. The molecule has 1 aromatic rings. The van der Waals surface area contributed by atoms with Crippen LogP contribution in [0.25, 0.3) is 0 Å². The lowest BCUT2D eigenvalue weighted by Gasteiger charge is -2.26. The van der Waals surface area contributed by atoms with Crippen molar-refractivity contribution < 1.29 is 4.79 Å². The number of amides is 1. The Kier molecular flexibility index (Phi) is 6.03. The maximum absolute atomic E-state index is 12.2. The highest BCUT2D eigenvalue weighted by atomic mass is 16.2. The third kappa shape index (κ3) is 4.35. The molecule has 0 fully saturated rings. The van der Waals surface area contributed by atoms with E-state index in [2.05, 4.69) is 45.0 Å². The number of nitrogens with zero attached hydrogens (tertiary/aromatic N) is 2. The molecule has 0 aliphatic heterocycles. The van der Waals surface area contributed by atoms with Gasteiger partial charge in [-0.1, -0.05) is 25.1 Å². The largest absolute Gasteiger partial charge is 0.312 e. The normalized spacial score (nSPS) is 10.8. The minimum Gasteiger partial charge on any atom is -0.312 e. The summed E-state index contributed by atoms with van der Waals surface area (Å²) in [5.41, 5.74) is 3.44. The summed E-state index contributed by atoms with van der Waals surface area (Å²) in [4.78, 5) is 16.3. The molecule has 3 nitrogen and oxygen atoms in total. The van der Waals surface area contributed by atoms with Crippen LogP contribution in [-0.2, 0) is 4.79 Å². The van der Waals surface area contributed by atoms with Gasteiger partial charge < -0.3 is 9.80 Å². The molecule has 0 heterocycles. The van der Waals surface area contributed by atoms with E-state index < -0.39 is 0 Å². The SMILES string of the molecule is CCC(=O)N(CCCN(C)C)c1c(C)cccc1C. The summed E-state index contributed by atoms with van der Waals surface area (Å²) >= 11 is 0. The summed E-state index contributed by atoms with van der Waals surface area (Å²) in [5, 5.41) is 0. The number of aryl methyl sites for hydroxylation is 2. The molecule has 0 radical (unpaired) electrons. The Balaban J connectivity index is 2.93. The summed E-state index contributed by atoms with van der Waals surface area (Å²) in [6.45, 7) is 7.86. The molecule has 1 amide bonds. The average molecular weight is 262 g/mol. The third-order valence-electron chi connectivity index (χ3n) is 3.30. The first kappa shape index (κ1) is 15.7. The van der Waals surface area contributed by atoms with Crippen LogP contribution >= 0.6 is 0 Å². The van der Waals surface area contributed by atoms with Crippen molar-refractivity contribution in [1.82, 2.24) is 4.90 Å². The van der Waals surface area contributed by atoms with Crippen LogP contribution in [-0.4, -0.2) is 38.0 Å². The highest BCUT2D eigenvalue weighted by Gasteiger charge is 2.17. The molecule has 0 unspecified atom stereocenters. The molecule has 0 saturated carbocycles. The van der Waals surface area contributed by atoms with Crippen molar-refractivity contribution in [3.63, 3.8) is 0 Å². The van der Waals surface area contributed by atoms with Gasteiger partial charge in [0.1, 0.15) is 0 Å². The second-order valence-corrected chi connectivity index (χ2v) is 5.30. The Morgan fingerprint density at radius 2 is 1.68 bits per heavy atom. The topological polar surface area (TPSA) is 23.6 Å². The van der Waals surface area contributed by atoms with Gasteiger partial charge in [-0.2, -0.15) is 0 Å². The molecule has 0 N–H and O–H groups in total. The number of anilines is 1. The molecule has 0 bridgehead atoms. The number of carbonyl (C=O) groups excluding carboxylic acids is 1. The van der Waals surface area contributed by atoms with E-state index in [0.717, 1.165) is 25.2 Å². The van der Waals surface area contributed by atoms with E-state index in [1.807, 2.05) is 17.9 Å². The standard InChI is InChI=1S/C16H26N2O/c1-6-15(19)18(12-8-11-17(4)5)16-13(2)9-7-10-14(16)3/h7,9-10H,6,8,11-12H2,1-5H3. The van der Waals surface area contributed by atoms with Crippen molar-refractivity contribution >= 4 is 11.6 Å². The molecule has 3 heteroatoms. The van der Waals surface area contributed by atoms with E-state index in [-0.39, 0.29) is 5.91 Å². The second kappa shape index (κ2) is 7.29. The molecule has 19 heavy (non-hydrogen) atoms. The number of hydrogen-bond acceptors (Lipinski definition) is 2. The smallest absolute Gasteiger partial charge is 0.226 e. The highest BCUT2D eigenvalue weighted by molar-refractivity contribution is 5.94. The highest BCUT2D eigenvalue weighted by Crippen LogP contribution is 2.25. The van der Waals surface area contributed by atoms with Crippen LogP contribution in [0.2, 0.25) is 0 Å². The van der Waals surface area contributed by atoms with Crippen molar-refractivity contribution in [2.45, 2.75) is 33.6 Å². The van der Waals surface area contributed by atoms with Gasteiger partial charge in [0.2, 0.25) is 5.91 Å². The first-order chi connectivity index (χ1) is 8.97. The van der Waals surface area contributed by atoms with Crippen molar-refractivity contribution in [2.24, 2.45) is 0 Å². The fourth-order valence-electron chi connectivity index (χ4n) is 2.33. The summed E-state index contributed by atoms with van der Waals surface area (Å²) in [6.07, 6.45) is 1.54. The molecule has 0 spiro atoms. The Labute approximate surface area is 117 Å². The van der Waals surface area contributed by atoms with Gasteiger partial charge in [0, 0.05) is 18.7 Å². The maximum atomic E-state index is 12.2.